The number of rotatable bonds is 6. The molecule has 3 rings (SSSR count). The van der Waals surface area contributed by atoms with Gasteiger partial charge in [-0.1, -0.05) is 36.8 Å². The molecular weight excluding hydrogens is 457 g/mol. The Morgan fingerprint density at radius 1 is 1.12 bits per heavy atom. The number of nitrogens with zero attached hydrogens (tertiary/aromatic N) is 4. The Morgan fingerprint density at radius 2 is 1.73 bits per heavy atom. The maximum Gasteiger partial charge on any atom is 0.435 e. The molecule has 7 nitrogen and oxygen atoms in total. The lowest BCUT2D eigenvalue weighted by Gasteiger charge is -2.19. The van der Waals surface area contributed by atoms with Crippen LogP contribution in [0.3, 0.4) is 0 Å². The van der Waals surface area contributed by atoms with Gasteiger partial charge in [-0.2, -0.15) is 23.5 Å². The van der Waals surface area contributed by atoms with Crippen molar-refractivity contribution in [3.05, 3.63) is 65.9 Å². The summed E-state index contributed by atoms with van der Waals surface area (Å²) in [4.78, 5) is 11.7. The van der Waals surface area contributed by atoms with Crippen molar-refractivity contribution in [2.45, 2.75) is 31.3 Å². The number of halogens is 3. The van der Waals surface area contributed by atoms with Crippen LogP contribution in [0.5, 0.6) is 0 Å². The normalized spacial score (nSPS) is 11.8. The van der Waals surface area contributed by atoms with Gasteiger partial charge in [0.15, 0.2) is 5.69 Å². The zero-order valence-corrected chi connectivity index (χ0v) is 18.5. The van der Waals surface area contributed by atoms with Gasteiger partial charge in [0.05, 0.1) is 22.3 Å². The van der Waals surface area contributed by atoms with Crippen LogP contribution in [0.2, 0.25) is 0 Å². The summed E-state index contributed by atoms with van der Waals surface area (Å²) in [5, 5.41) is 12.6. The van der Waals surface area contributed by atoms with E-state index in [0.29, 0.717) is 9.87 Å². The molecule has 0 saturated carbocycles. The van der Waals surface area contributed by atoms with Crippen LogP contribution in [0.15, 0.2) is 59.5 Å². The Labute approximate surface area is 188 Å². The van der Waals surface area contributed by atoms with E-state index in [-0.39, 0.29) is 22.7 Å². The lowest BCUT2D eigenvalue weighted by atomic mass is 10.1. The summed E-state index contributed by atoms with van der Waals surface area (Å²) in [6.07, 6.45) is -4.79. The van der Waals surface area contributed by atoms with Gasteiger partial charge in [0.1, 0.15) is 6.54 Å². The Balaban J connectivity index is 2.08. The summed E-state index contributed by atoms with van der Waals surface area (Å²) in [5.74, 6) is -0.746. The molecule has 0 aliphatic carbocycles. The fourth-order valence-corrected chi connectivity index (χ4v) is 4.44. The molecule has 0 aliphatic heterocycles. The number of benzene rings is 2. The third kappa shape index (κ3) is 4.90. The number of hydrogen-bond donors (Lipinski definition) is 0. The van der Waals surface area contributed by atoms with Gasteiger partial charge in [-0.3, -0.25) is 4.79 Å². The first-order chi connectivity index (χ1) is 15.5. The Bertz CT molecular complexity index is 1310. The second-order valence-electron chi connectivity index (χ2n) is 7.10. The average Bonchev–Trinajstić information content (AvgIpc) is 3.23. The number of hydrogen-bond acceptors (Lipinski definition) is 5. The third-order valence-corrected chi connectivity index (χ3v) is 6.59. The van der Waals surface area contributed by atoms with E-state index in [4.69, 9.17) is 5.26 Å². The molecule has 0 unspecified atom stereocenters. The zero-order chi connectivity index (χ0) is 24.4. The SMILES string of the molecule is CCC(=O)N(CC#N)S(=O)(=O)c1ccc(-n2nc(C(F)(F)F)cc2-c2ccc(C)cc2)cc1. The monoisotopic (exact) mass is 476 g/mol. The molecule has 0 aliphatic rings. The van der Waals surface area contributed by atoms with Crippen LogP contribution < -0.4 is 0 Å². The van der Waals surface area contributed by atoms with Crippen LogP contribution in [0.1, 0.15) is 24.6 Å². The predicted octanol–water partition coefficient (Wildman–Crippen LogP) is 4.32. The van der Waals surface area contributed by atoms with Gasteiger partial charge >= 0.3 is 6.18 Å². The molecule has 0 spiro atoms. The van der Waals surface area contributed by atoms with Gasteiger partial charge in [0.2, 0.25) is 5.91 Å². The second kappa shape index (κ2) is 9.07. The van der Waals surface area contributed by atoms with Crippen LogP contribution in [-0.4, -0.2) is 35.0 Å². The second-order valence-corrected chi connectivity index (χ2v) is 8.96. The summed E-state index contributed by atoms with van der Waals surface area (Å²) in [7, 11) is -4.31. The highest BCUT2D eigenvalue weighted by Gasteiger charge is 2.35. The number of amides is 1. The number of carbonyl (C=O) groups excluding carboxylic acids is 1. The van der Waals surface area contributed by atoms with Crippen LogP contribution in [0, 0.1) is 18.3 Å². The van der Waals surface area contributed by atoms with Gasteiger partial charge < -0.3 is 0 Å². The highest BCUT2D eigenvalue weighted by Crippen LogP contribution is 2.33. The van der Waals surface area contributed by atoms with Crippen molar-refractivity contribution in [1.29, 1.82) is 5.26 Å². The van der Waals surface area contributed by atoms with E-state index >= 15 is 0 Å². The topological polar surface area (TPSA) is 96.1 Å². The van der Waals surface area contributed by atoms with Crippen molar-refractivity contribution in [2.24, 2.45) is 0 Å². The molecule has 0 bridgehead atoms. The molecule has 172 valence electrons. The first-order valence-electron chi connectivity index (χ1n) is 9.76. The van der Waals surface area contributed by atoms with Crippen molar-refractivity contribution < 1.29 is 26.4 Å². The standard InChI is InChI=1S/C22H19F3N4O3S/c1-3-21(30)28(13-12-26)33(31,32)18-10-8-17(9-11-18)29-19(14-20(27-29)22(23,24)25)16-6-4-15(2)5-7-16/h4-11,14H,3,13H2,1-2H3. The van der Waals surface area contributed by atoms with Gasteiger partial charge in [-0.15, -0.1) is 0 Å². The lowest BCUT2D eigenvalue weighted by molar-refractivity contribution is -0.141. The molecule has 0 atom stereocenters. The van der Waals surface area contributed by atoms with Crippen LogP contribution in [0.25, 0.3) is 16.9 Å². The molecule has 2 aromatic carbocycles. The fourth-order valence-electron chi connectivity index (χ4n) is 3.08. The number of aromatic nitrogens is 2. The van der Waals surface area contributed by atoms with Crippen molar-refractivity contribution in [1.82, 2.24) is 14.1 Å². The summed E-state index contributed by atoms with van der Waals surface area (Å²) in [5.41, 5.74) is 0.690. The quantitative estimate of drug-likeness (QED) is 0.494. The van der Waals surface area contributed by atoms with E-state index in [1.807, 2.05) is 6.92 Å². The van der Waals surface area contributed by atoms with Gasteiger partial charge in [-0.05, 0) is 37.3 Å². The highest BCUT2D eigenvalue weighted by atomic mass is 32.2. The summed E-state index contributed by atoms with van der Waals surface area (Å²) < 4.78 is 67.2. The molecule has 1 heterocycles. The summed E-state index contributed by atoms with van der Waals surface area (Å²) in [6, 6.07) is 14.3. The minimum Gasteiger partial charge on any atom is -0.274 e. The van der Waals surface area contributed by atoms with E-state index < -0.39 is 34.3 Å². The molecule has 11 heteroatoms. The van der Waals surface area contributed by atoms with Crippen LogP contribution in [0.4, 0.5) is 13.2 Å². The Kier molecular flexibility index (Phi) is 6.60. The minimum absolute atomic E-state index is 0.119. The smallest absolute Gasteiger partial charge is 0.274 e. The number of sulfonamides is 1. The zero-order valence-electron chi connectivity index (χ0n) is 17.7. The highest BCUT2D eigenvalue weighted by molar-refractivity contribution is 7.89. The molecule has 1 aromatic heterocycles. The number of aryl methyl sites for hydroxylation is 1. The first kappa shape index (κ1) is 24.0. The Hall–Kier alpha value is -3.65. The molecule has 3 aromatic rings. The van der Waals surface area contributed by atoms with Crippen molar-refractivity contribution in [2.75, 3.05) is 6.54 Å². The van der Waals surface area contributed by atoms with E-state index in [0.717, 1.165) is 28.4 Å². The summed E-state index contributed by atoms with van der Waals surface area (Å²) in [6.45, 7) is 2.66. The van der Waals surface area contributed by atoms with E-state index in [1.54, 1.807) is 30.3 Å². The Morgan fingerprint density at radius 3 is 2.24 bits per heavy atom. The van der Waals surface area contributed by atoms with E-state index in [2.05, 4.69) is 5.10 Å². The summed E-state index contributed by atoms with van der Waals surface area (Å²) >= 11 is 0. The average molecular weight is 476 g/mol. The first-order valence-corrected chi connectivity index (χ1v) is 11.2. The predicted molar refractivity (Wildman–Crippen MR) is 114 cm³/mol. The van der Waals surface area contributed by atoms with Crippen molar-refractivity contribution in [3.63, 3.8) is 0 Å². The lowest BCUT2D eigenvalue weighted by Crippen LogP contribution is -2.36. The maximum atomic E-state index is 13.3. The van der Waals surface area contributed by atoms with Crippen LogP contribution >= 0.6 is 0 Å². The molecule has 0 saturated heterocycles. The molecule has 0 fully saturated rings. The fraction of sp³-hybridized carbons (Fsp3) is 0.227. The minimum atomic E-state index is -4.67. The van der Waals surface area contributed by atoms with Gasteiger partial charge in [-0.25, -0.2) is 17.4 Å². The number of carbonyl (C=O) groups is 1. The van der Waals surface area contributed by atoms with Gasteiger partial charge in [0, 0.05) is 12.0 Å². The third-order valence-electron chi connectivity index (χ3n) is 4.81. The molecule has 0 N–H and O–H groups in total. The van der Waals surface area contributed by atoms with Gasteiger partial charge in [0.25, 0.3) is 10.0 Å². The maximum absolute atomic E-state index is 13.3. The van der Waals surface area contributed by atoms with E-state index in [1.165, 1.54) is 19.1 Å². The van der Waals surface area contributed by atoms with Crippen molar-refractivity contribution >= 4 is 15.9 Å². The molecule has 1 amide bonds. The largest absolute Gasteiger partial charge is 0.435 e. The van der Waals surface area contributed by atoms with E-state index in [9.17, 15) is 26.4 Å². The molecule has 0 radical (unpaired) electrons. The van der Waals surface area contributed by atoms with Crippen LogP contribution in [-0.2, 0) is 21.0 Å². The van der Waals surface area contributed by atoms with Crippen molar-refractivity contribution in [3.8, 4) is 23.0 Å². The molecule has 33 heavy (non-hydrogen) atoms. The molecular formula is C22H19F3N4O3S. The number of alkyl halides is 3. The number of nitriles is 1.